The molecular formula is C24H23N3O5. The average Bonchev–Trinajstić information content (AvgIpc) is 3.31. The van der Waals surface area contributed by atoms with Gasteiger partial charge in [-0.1, -0.05) is 24.3 Å². The van der Waals surface area contributed by atoms with E-state index in [0.29, 0.717) is 36.2 Å². The Hall–Kier alpha value is -3.23. The minimum atomic E-state index is -0.730. The number of aliphatic hydroxyl groups is 1. The Morgan fingerprint density at radius 2 is 2.03 bits per heavy atom. The van der Waals surface area contributed by atoms with Gasteiger partial charge >= 0.3 is 0 Å². The molecule has 1 saturated heterocycles. The first-order valence-corrected chi connectivity index (χ1v) is 10.9. The summed E-state index contributed by atoms with van der Waals surface area (Å²) in [6.07, 6.45) is 4.72. The van der Waals surface area contributed by atoms with Gasteiger partial charge in [0.05, 0.1) is 36.0 Å². The lowest BCUT2D eigenvalue weighted by Crippen LogP contribution is -2.39. The van der Waals surface area contributed by atoms with E-state index in [1.807, 2.05) is 30.5 Å². The summed E-state index contributed by atoms with van der Waals surface area (Å²) in [6, 6.07) is 9.65. The molecule has 164 valence electrons. The van der Waals surface area contributed by atoms with E-state index in [2.05, 4.69) is 16.0 Å². The number of hydrogen-bond donors (Lipinski definition) is 1. The second kappa shape index (κ2) is 7.72. The Morgan fingerprint density at radius 1 is 1.16 bits per heavy atom. The highest BCUT2D eigenvalue weighted by atomic mass is 16.7. The molecular weight excluding hydrogens is 410 g/mol. The molecule has 0 bridgehead atoms. The van der Waals surface area contributed by atoms with Crippen molar-refractivity contribution in [1.82, 2.24) is 9.55 Å². The number of ether oxygens (including phenoxy) is 3. The summed E-state index contributed by atoms with van der Waals surface area (Å²) in [6.45, 7) is 0.928. The fraction of sp³-hybridized carbons (Fsp3) is 0.375. The van der Waals surface area contributed by atoms with Gasteiger partial charge in [0.2, 0.25) is 6.79 Å². The predicted octanol–water partition coefficient (Wildman–Crippen LogP) is 2.68. The number of benzene rings is 2. The van der Waals surface area contributed by atoms with Crippen LogP contribution in [0.15, 0.2) is 58.1 Å². The molecule has 3 aliphatic rings. The highest BCUT2D eigenvalue weighted by Gasteiger charge is 2.30. The molecule has 0 radical (unpaired) electrons. The summed E-state index contributed by atoms with van der Waals surface area (Å²) in [4.78, 5) is 22.5. The van der Waals surface area contributed by atoms with E-state index in [4.69, 9.17) is 14.2 Å². The quantitative estimate of drug-likeness (QED) is 0.638. The molecule has 1 fully saturated rings. The first kappa shape index (κ1) is 19.5. The third kappa shape index (κ3) is 3.10. The van der Waals surface area contributed by atoms with Crippen molar-refractivity contribution in [2.45, 2.75) is 31.4 Å². The Kier molecular flexibility index (Phi) is 4.69. The molecule has 1 N–H and O–H groups in total. The highest BCUT2D eigenvalue weighted by Crippen LogP contribution is 2.35. The van der Waals surface area contributed by atoms with E-state index in [9.17, 15) is 9.90 Å². The van der Waals surface area contributed by atoms with Gasteiger partial charge in [0.25, 0.3) is 11.4 Å². The normalized spacial score (nSPS) is 25.1. The van der Waals surface area contributed by atoms with Crippen molar-refractivity contribution in [2.75, 3.05) is 20.0 Å². The average molecular weight is 433 g/mol. The SMILES string of the molecule is O=c1c2cc(CC3CC=NC4=C3OCO4)c3ccccc3c2ncn1C1CCOC[C@@H]1O. The zero-order chi connectivity index (χ0) is 21.7. The topological polar surface area (TPSA) is 95.2 Å². The number of aliphatic imine (C=N–C) groups is 1. The maximum atomic E-state index is 13.5. The first-order chi connectivity index (χ1) is 15.7. The summed E-state index contributed by atoms with van der Waals surface area (Å²) in [5, 5.41) is 13.0. The zero-order valence-corrected chi connectivity index (χ0v) is 17.4. The van der Waals surface area contributed by atoms with Crippen LogP contribution in [-0.4, -0.2) is 47.0 Å². The molecule has 2 aromatic carbocycles. The summed E-state index contributed by atoms with van der Waals surface area (Å²) in [5.74, 6) is 1.44. The van der Waals surface area contributed by atoms with Gasteiger partial charge in [0, 0.05) is 24.1 Å². The molecule has 0 spiro atoms. The largest absolute Gasteiger partial charge is 0.456 e. The van der Waals surface area contributed by atoms with Crippen LogP contribution in [0.4, 0.5) is 0 Å². The van der Waals surface area contributed by atoms with Gasteiger partial charge in [0.1, 0.15) is 0 Å². The minimum Gasteiger partial charge on any atom is -0.456 e. The van der Waals surface area contributed by atoms with Crippen molar-refractivity contribution in [1.29, 1.82) is 0 Å². The Labute approximate surface area is 183 Å². The van der Waals surface area contributed by atoms with Crippen LogP contribution in [-0.2, 0) is 20.6 Å². The van der Waals surface area contributed by atoms with Crippen molar-refractivity contribution >= 4 is 27.9 Å². The van der Waals surface area contributed by atoms with Crippen LogP contribution in [0.5, 0.6) is 0 Å². The Balaban J connectivity index is 1.49. The van der Waals surface area contributed by atoms with E-state index in [0.717, 1.165) is 28.5 Å². The minimum absolute atomic E-state index is 0.0991. The van der Waals surface area contributed by atoms with Crippen molar-refractivity contribution in [3.05, 3.63) is 64.2 Å². The number of hydrogen-bond acceptors (Lipinski definition) is 7. The van der Waals surface area contributed by atoms with Gasteiger partial charge in [-0.05, 0) is 36.3 Å². The lowest BCUT2D eigenvalue weighted by Gasteiger charge is -2.29. The summed E-state index contributed by atoms with van der Waals surface area (Å²) in [5.41, 5.74) is 1.59. The second-order valence-electron chi connectivity index (χ2n) is 8.46. The van der Waals surface area contributed by atoms with Crippen molar-refractivity contribution in [3.8, 4) is 0 Å². The number of aromatic nitrogens is 2. The van der Waals surface area contributed by atoms with E-state index in [1.54, 1.807) is 10.9 Å². The van der Waals surface area contributed by atoms with E-state index < -0.39 is 6.10 Å². The number of rotatable bonds is 3. The fourth-order valence-corrected chi connectivity index (χ4v) is 4.98. The van der Waals surface area contributed by atoms with Gasteiger partial charge in [-0.2, -0.15) is 0 Å². The molecule has 8 heteroatoms. The van der Waals surface area contributed by atoms with Gasteiger partial charge < -0.3 is 19.3 Å². The monoisotopic (exact) mass is 433 g/mol. The van der Waals surface area contributed by atoms with Gasteiger partial charge in [0.15, 0.2) is 5.76 Å². The number of allylic oxidation sites excluding steroid dienone is 1. The number of aliphatic hydroxyl groups excluding tert-OH is 1. The molecule has 32 heavy (non-hydrogen) atoms. The molecule has 3 aromatic rings. The lowest BCUT2D eigenvalue weighted by molar-refractivity contribution is -0.0395. The van der Waals surface area contributed by atoms with Crippen molar-refractivity contribution in [2.24, 2.45) is 10.9 Å². The molecule has 2 unspecified atom stereocenters. The Bertz CT molecular complexity index is 1330. The molecule has 0 aliphatic carbocycles. The molecule has 8 nitrogen and oxygen atoms in total. The van der Waals surface area contributed by atoms with E-state index >= 15 is 0 Å². The van der Waals surface area contributed by atoms with Gasteiger partial charge in [-0.3, -0.25) is 9.36 Å². The van der Waals surface area contributed by atoms with Crippen LogP contribution < -0.4 is 5.56 Å². The van der Waals surface area contributed by atoms with Crippen molar-refractivity contribution < 1.29 is 19.3 Å². The maximum absolute atomic E-state index is 13.5. The fourth-order valence-electron chi connectivity index (χ4n) is 4.98. The number of nitrogens with zero attached hydrogens (tertiary/aromatic N) is 3. The predicted molar refractivity (Wildman–Crippen MR) is 118 cm³/mol. The smallest absolute Gasteiger partial charge is 0.261 e. The summed E-state index contributed by atoms with van der Waals surface area (Å²) in [7, 11) is 0. The molecule has 1 aromatic heterocycles. The van der Waals surface area contributed by atoms with Crippen LogP contribution in [0.1, 0.15) is 24.4 Å². The first-order valence-electron chi connectivity index (χ1n) is 10.9. The van der Waals surface area contributed by atoms with Gasteiger partial charge in [-0.15, -0.1) is 0 Å². The Morgan fingerprint density at radius 3 is 2.91 bits per heavy atom. The highest BCUT2D eigenvalue weighted by molar-refractivity contribution is 6.06. The van der Waals surface area contributed by atoms with E-state index in [1.165, 1.54) is 0 Å². The third-order valence-electron chi connectivity index (χ3n) is 6.58. The van der Waals surface area contributed by atoms with Crippen LogP contribution in [0.2, 0.25) is 0 Å². The van der Waals surface area contributed by atoms with Gasteiger partial charge in [-0.25, -0.2) is 9.98 Å². The van der Waals surface area contributed by atoms with Crippen LogP contribution in [0.3, 0.4) is 0 Å². The molecule has 3 atom stereocenters. The van der Waals surface area contributed by atoms with Crippen LogP contribution >= 0.6 is 0 Å². The number of fused-ring (bicyclic) bond motifs is 3. The summed E-state index contributed by atoms with van der Waals surface area (Å²) >= 11 is 0. The molecule has 0 amide bonds. The molecule has 4 heterocycles. The second-order valence-corrected chi connectivity index (χ2v) is 8.46. The molecule has 0 saturated carbocycles. The lowest BCUT2D eigenvalue weighted by atomic mass is 9.89. The molecule has 3 aliphatic heterocycles. The standard InChI is InChI=1S/C24H23N3O5/c28-20-11-30-8-6-19(20)27-12-26-21-17-4-2-1-3-16(17)15(10-18(21)24(27)29)9-14-5-7-25-23-22(14)31-13-32-23/h1-4,7,10,12,14,19-20,28H,5-6,8-9,11,13H2/t14?,19?,20-/m0/s1. The maximum Gasteiger partial charge on any atom is 0.261 e. The van der Waals surface area contributed by atoms with Crippen LogP contribution in [0, 0.1) is 5.92 Å². The van der Waals surface area contributed by atoms with Crippen molar-refractivity contribution in [3.63, 3.8) is 0 Å². The third-order valence-corrected chi connectivity index (χ3v) is 6.58. The zero-order valence-electron chi connectivity index (χ0n) is 17.4. The van der Waals surface area contributed by atoms with Crippen LogP contribution in [0.25, 0.3) is 21.7 Å². The molecule has 6 rings (SSSR count). The van der Waals surface area contributed by atoms with E-state index in [-0.39, 0.29) is 30.9 Å². The summed E-state index contributed by atoms with van der Waals surface area (Å²) < 4.78 is 18.1.